The molecule has 2 heteroatoms. The average molecular weight is 192 g/mol. The Kier molecular flexibility index (Phi) is 3.31. The zero-order valence-electron chi connectivity index (χ0n) is 8.87. The highest BCUT2D eigenvalue weighted by Crippen LogP contribution is 2.26. The lowest BCUT2D eigenvalue weighted by molar-refractivity contribution is 0.228. The van der Waals surface area contributed by atoms with Gasteiger partial charge in [-0.2, -0.15) is 0 Å². The summed E-state index contributed by atoms with van der Waals surface area (Å²) >= 11 is 0. The van der Waals surface area contributed by atoms with Crippen LogP contribution in [-0.4, -0.2) is 12.2 Å². The number of methoxy groups -OCH3 is 1. The van der Waals surface area contributed by atoms with E-state index in [1.165, 1.54) is 6.08 Å². The van der Waals surface area contributed by atoms with Gasteiger partial charge in [0.25, 0.3) is 0 Å². The largest absolute Gasteiger partial charge is 0.496 e. The van der Waals surface area contributed by atoms with Crippen LogP contribution < -0.4 is 4.74 Å². The molecule has 2 nitrogen and oxygen atoms in total. The molecule has 0 aromatic heterocycles. The number of aliphatic hydroxyl groups is 1. The maximum atomic E-state index is 9.64. The predicted octanol–water partition coefficient (Wildman–Crippen LogP) is 2.53. The molecule has 0 saturated carbocycles. The van der Waals surface area contributed by atoms with Crippen molar-refractivity contribution >= 4 is 0 Å². The number of aryl methyl sites for hydroxylation is 2. The van der Waals surface area contributed by atoms with Crippen LogP contribution in [0.1, 0.15) is 22.8 Å². The van der Waals surface area contributed by atoms with Crippen LogP contribution in [0.2, 0.25) is 0 Å². The molecule has 0 amide bonds. The summed E-state index contributed by atoms with van der Waals surface area (Å²) in [6.45, 7) is 7.47. The zero-order valence-corrected chi connectivity index (χ0v) is 8.87. The smallest absolute Gasteiger partial charge is 0.122 e. The van der Waals surface area contributed by atoms with Crippen LogP contribution in [0, 0.1) is 13.8 Å². The molecule has 0 aliphatic heterocycles. The van der Waals surface area contributed by atoms with Crippen LogP contribution in [0.3, 0.4) is 0 Å². The van der Waals surface area contributed by atoms with Crippen molar-refractivity contribution in [1.82, 2.24) is 0 Å². The molecule has 76 valence electrons. The maximum absolute atomic E-state index is 9.64. The average Bonchev–Trinajstić information content (AvgIpc) is 2.19. The highest BCUT2D eigenvalue weighted by molar-refractivity contribution is 5.43. The second kappa shape index (κ2) is 4.29. The standard InChI is InChI=1S/C12H16O2/c1-5-11(13)10-6-9(3)12(14-4)7-8(10)2/h5-7,11,13H,1H2,2-4H3. The monoisotopic (exact) mass is 192 g/mol. The first kappa shape index (κ1) is 10.8. The molecule has 0 aliphatic carbocycles. The van der Waals surface area contributed by atoms with Crippen LogP contribution in [0.4, 0.5) is 0 Å². The third-order valence-electron chi connectivity index (χ3n) is 2.33. The number of hydrogen-bond donors (Lipinski definition) is 1. The highest BCUT2D eigenvalue weighted by atomic mass is 16.5. The quantitative estimate of drug-likeness (QED) is 0.746. The molecular formula is C12H16O2. The maximum Gasteiger partial charge on any atom is 0.122 e. The Morgan fingerprint density at radius 2 is 2.00 bits per heavy atom. The van der Waals surface area contributed by atoms with Crippen molar-refractivity contribution < 1.29 is 9.84 Å². The summed E-state index contributed by atoms with van der Waals surface area (Å²) in [7, 11) is 1.64. The van der Waals surface area contributed by atoms with Crippen molar-refractivity contribution in [2.24, 2.45) is 0 Å². The minimum Gasteiger partial charge on any atom is -0.496 e. The Balaban J connectivity index is 3.21. The molecule has 0 saturated heterocycles. The molecule has 0 heterocycles. The van der Waals surface area contributed by atoms with Gasteiger partial charge in [0.1, 0.15) is 5.75 Å². The third kappa shape index (κ3) is 1.96. The summed E-state index contributed by atoms with van der Waals surface area (Å²) < 4.78 is 5.19. The molecular weight excluding hydrogens is 176 g/mol. The van der Waals surface area contributed by atoms with Crippen molar-refractivity contribution in [3.63, 3.8) is 0 Å². The van der Waals surface area contributed by atoms with E-state index in [0.717, 1.165) is 22.4 Å². The van der Waals surface area contributed by atoms with E-state index in [1.54, 1.807) is 7.11 Å². The molecule has 1 unspecified atom stereocenters. The Hall–Kier alpha value is -1.28. The second-order valence-electron chi connectivity index (χ2n) is 3.36. The minimum absolute atomic E-state index is 0.598. The molecule has 0 fully saturated rings. The van der Waals surface area contributed by atoms with E-state index in [1.807, 2.05) is 26.0 Å². The third-order valence-corrected chi connectivity index (χ3v) is 2.33. The van der Waals surface area contributed by atoms with Crippen LogP contribution >= 0.6 is 0 Å². The Morgan fingerprint density at radius 3 is 2.50 bits per heavy atom. The summed E-state index contributed by atoms with van der Waals surface area (Å²) in [6, 6.07) is 3.86. The van der Waals surface area contributed by atoms with E-state index < -0.39 is 6.10 Å². The normalized spacial score (nSPS) is 12.3. The van der Waals surface area contributed by atoms with E-state index in [2.05, 4.69) is 6.58 Å². The molecule has 0 bridgehead atoms. The van der Waals surface area contributed by atoms with Gasteiger partial charge in [-0.1, -0.05) is 6.08 Å². The first-order valence-corrected chi connectivity index (χ1v) is 4.56. The van der Waals surface area contributed by atoms with Crippen LogP contribution in [0.25, 0.3) is 0 Å². The van der Waals surface area contributed by atoms with Gasteiger partial charge >= 0.3 is 0 Å². The van der Waals surface area contributed by atoms with Crippen molar-refractivity contribution in [2.45, 2.75) is 20.0 Å². The lowest BCUT2D eigenvalue weighted by Gasteiger charge is -2.13. The minimum atomic E-state index is -0.598. The van der Waals surface area contributed by atoms with Gasteiger partial charge in [0.2, 0.25) is 0 Å². The number of rotatable bonds is 3. The van der Waals surface area contributed by atoms with Gasteiger partial charge < -0.3 is 9.84 Å². The predicted molar refractivity (Wildman–Crippen MR) is 57.6 cm³/mol. The SMILES string of the molecule is C=CC(O)c1cc(C)c(OC)cc1C. The second-order valence-corrected chi connectivity index (χ2v) is 3.36. The summed E-state index contributed by atoms with van der Waals surface area (Å²) in [5, 5.41) is 9.64. The summed E-state index contributed by atoms with van der Waals surface area (Å²) in [6.07, 6.45) is 0.924. The topological polar surface area (TPSA) is 29.5 Å². The molecule has 1 N–H and O–H groups in total. The van der Waals surface area contributed by atoms with Crippen LogP contribution in [0.5, 0.6) is 5.75 Å². The Labute approximate surface area is 84.8 Å². The van der Waals surface area contributed by atoms with Crippen LogP contribution in [-0.2, 0) is 0 Å². The first-order valence-electron chi connectivity index (χ1n) is 4.56. The molecule has 1 aromatic rings. The Bertz CT molecular complexity index is 342. The molecule has 0 radical (unpaired) electrons. The lowest BCUT2D eigenvalue weighted by atomic mass is 10.00. The van der Waals surface area contributed by atoms with Crippen LogP contribution in [0.15, 0.2) is 24.8 Å². The fraction of sp³-hybridized carbons (Fsp3) is 0.333. The van der Waals surface area contributed by atoms with Gasteiger partial charge in [-0.05, 0) is 42.7 Å². The molecule has 1 rings (SSSR count). The number of benzene rings is 1. The van der Waals surface area contributed by atoms with E-state index >= 15 is 0 Å². The van der Waals surface area contributed by atoms with Crippen molar-refractivity contribution in [3.05, 3.63) is 41.5 Å². The van der Waals surface area contributed by atoms with Gasteiger partial charge in [-0.3, -0.25) is 0 Å². The fourth-order valence-corrected chi connectivity index (χ4v) is 1.48. The number of ether oxygens (including phenoxy) is 1. The zero-order chi connectivity index (χ0) is 10.7. The van der Waals surface area contributed by atoms with Gasteiger partial charge in [0.05, 0.1) is 13.2 Å². The first-order chi connectivity index (χ1) is 6.60. The van der Waals surface area contributed by atoms with Gasteiger partial charge in [-0.15, -0.1) is 6.58 Å². The fourth-order valence-electron chi connectivity index (χ4n) is 1.48. The number of hydrogen-bond acceptors (Lipinski definition) is 2. The lowest BCUT2D eigenvalue weighted by Crippen LogP contribution is -1.98. The summed E-state index contributed by atoms with van der Waals surface area (Å²) in [5.74, 6) is 0.850. The molecule has 14 heavy (non-hydrogen) atoms. The van der Waals surface area contributed by atoms with Gasteiger partial charge in [0.15, 0.2) is 0 Å². The van der Waals surface area contributed by atoms with Crippen molar-refractivity contribution in [1.29, 1.82) is 0 Å². The molecule has 1 atom stereocenters. The Morgan fingerprint density at radius 1 is 1.36 bits per heavy atom. The number of aliphatic hydroxyl groups excluding tert-OH is 1. The molecule has 0 aliphatic rings. The van der Waals surface area contributed by atoms with E-state index in [-0.39, 0.29) is 0 Å². The van der Waals surface area contributed by atoms with E-state index in [9.17, 15) is 5.11 Å². The van der Waals surface area contributed by atoms with Crippen molar-refractivity contribution in [3.8, 4) is 5.75 Å². The summed E-state index contributed by atoms with van der Waals surface area (Å²) in [5.41, 5.74) is 2.92. The molecule has 1 aromatic carbocycles. The van der Waals surface area contributed by atoms with Gasteiger partial charge in [0, 0.05) is 0 Å². The highest BCUT2D eigenvalue weighted by Gasteiger charge is 2.09. The summed E-state index contributed by atoms with van der Waals surface area (Å²) in [4.78, 5) is 0. The van der Waals surface area contributed by atoms with Crippen molar-refractivity contribution in [2.75, 3.05) is 7.11 Å². The van der Waals surface area contributed by atoms with E-state index in [0.29, 0.717) is 0 Å². The molecule has 0 spiro atoms. The van der Waals surface area contributed by atoms with E-state index in [4.69, 9.17) is 4.74 Å². The van der Waals surface area contributed by atoms with Gasteiger partial charge in [-0.25, -0.2) is 0 Å².